The van der Waals surface area contributed by atoms with Gasteiger partial charge < -0.3 is 27.5 Å². The van der Waals surface area contributed by atoms with Crippen LogP contribution in [0.1, 0.15) is 26.5 Å². The van der Waals surface area contributed by atoms with E-state index in [9.17, 15) is 0 Å². The number of ether oxygens (including phenoxy) is 3. The second-order valence-electron chi connectivity index (χ2n) is 4.82. The minimum absolute atomic E-state index is 0.506. The maximum Gasteiger partial charge on any atom is 0.500 e. The molecule has 0 fully saturated rings. The van der Waals surface area contributed by atoms with Gasteiger partial charge in [0.25, 0.3) is 0 Å². The van der Waals surface area contributed by atoms with E-state index in [-0.39, 0.29) is 0 Å². The van der Waals surface area contributed by atoms with E-state index in [1.54, 1.807) is 27.5 Å². The number of nitrogens with zero attached hydrogens (tertiary/aromatic N) is 1. The van der Waals surface area contributed by atoms with Gasteiger partial charge in [-0.2, -0.15) is 0 Å². The predicted octanol–water partition coefficient (Wildman–Crippen LogP) is 2.70. The quantitative estimate of drug-likeness (QED) is 0.532. The first kappa shape index (κ1) is 20.7. The Morgan fingerprint density at radius 1 is 0.833 bits per heavy atom. The van der Waals surface area contributed by atoms with Gasteiger partial charge in [0.2, 0.25) is 5.75 Å². The Hall–Kier alpha value is -1.35. The molecule has 0 bridgehead atoms. The molecule has 0 amide bonds. The Labute approximate surface area is 145 Å². The molecular formula is C16H29NO6Si. The molecule has 0 radical (unpaired) electrons. The second kappa shape index (κ2) is 10.5. The van der Waals surface area contributed by atoms with E-state index in [4.69, 9.17) is 27.5 Å². The molecule has 0 atom stereocenters. The fourth-order valence-electron chi connectivity index (χ4n) is 2.34. The zero-order valence-corrected chi connectivity index (χ0v) is 16.5. The van der Waals surface area contributed by atoms with Crippen LogP contribution in [0.25, 0.3) is 0 Å². The van der Waals surface area contributed by atoms with E-state index in [0.717, 1.165) is 5.69 Å². The van der Waals surface area contributed by atoms with Crippen molar-refractivity contribution in [2.24, 2.45) is 0 Å². The van der Waals surface area contributed by atoms with Crippen molar-refractivity contribution in [3.05, 3.63) is 11.9 Å². The Morgan fingerprint density at radius 2 is 1.38 bits per heavy atom. The third-order valence-corrected chi connectivity index (χ3v) is 6.24. The monoisotopic (exact) mass is 359 g/mol. The molecule has 0 aromatic carbocycles. The Kier molecular flexibility index (Phi) is 9.05. The summed E-state index contributed by atoms with van der Waals surface area (Å²) >= 11 is 0. The Balaban J connectivity index is 3.15. The lowest BCUT2D eigenvalue weighted by molar-refractivity contribution is 0.123. The van der Waals surface area contributed by atoms with Gasteiger partial charge in [-0.05, 0) is 27.2 Å². The van der Waals surface area contributed by atoms with Crippen molar-refractivity contribution in [1.29, 1.82) is 0 Å². The van der Waals surface area contributed by atoms with Crippen LogP contribution in [-0.2, 0) is 19.7 Å². The number of pyridine rings is 1. The lowest BCUT2D eigenvalue weighted by atomic mass is 10.2. The van der Waals surface area contributed by atoms with Crippen molar-refractivity contribution in [1.82, 2.24) is 4.98 Å². The summed E-state index contributed by atoms with van der Waals surface area (Å²) in [4.78, 5) is 4.49. The van der Waals surface area contributed by atoms with E-state index in [1.807, 2.05) is 20.8 Å². The largest absolute Gasteiger partial charge is 0.500 e. The smallest absolute Gasteiger partial charge is 0.488 e. The normalized spacial score (nSPS) is 11.4. The molecule has 0 spiro atoms. The third-order valence-electron chi connectivity index (χ3n) is 3.51. The van der Waals surface area contributed by atoms with Crippen molar-refractivity contribution >= 4 is 8.80 Å². The van der Waals surface area contributed by atoms with Crippen molar-refractivity contribution in [3.8, 4) is 17.2 Å². The minimum Gasteiger partial charge on any atom is -0.488 e. The van der Waals surface area contributed by atoms with Gasteiger partial charge in [0, 0.05) is 27.4 Å². The molecule has 24 heavy (non-hydrogen) atoms. The van der Waals surface area contributed by atoms with E-state index in [2.05, 4.69) is 4.98 Å². The van der Waals surface area contributed by atoms with Gasteiger partial charge in [0.05, 0.1) is 31.7 Å². The van der Waals surface area contributed by atoms with Gasteiger partial charge in [0.15, 0.2) is 11.5 Å². The summed E-state index contributed by atoms with van der Waals surface area (Å²) in [5, 5.41) is 0. The van der Waals surface area contributed by atoms with Crippen molar-refractivity contribution in [2.45, 2.75) is 33.2 Å². The lowest BCUT2D eigenvalue weighted by Crippen LogP contribution is -2.43. The zero-order chi connectivity index (χ0) is 18.0. The summed E-state index contributed by atoms with van der Waals surface area (Å²) in [5.74, 6) is 1.78. The molecule has 1 rings (SSSR count). The van der Waals surface area contributed by atoms with E-state index < -0.39 is 8.80 Å². The summed E-state index contributed by atoms with van der Waals surface area (Å²) < 4.78 is 33.6. The van der Waals surface area contributed by atoms with Crippen LogP contribution < -0.4 is 14.2 Å². The number of aryl methyl sites for hydroxylation is 1. The molecule has 0 aliphatic rings. The van der Waals surface area contributed by atoms with Crippen LogP contribution in [0, 0.1) is 0 Å². The molecule has 0 aliphatic carbocycles. The maximum absolute atomic E-state index is 5.80. The lowest BCUT2D eigenvalue weighted by Gasteiger charge is -2.24. The van der Waals surface area contributed by atoms with Gasteiger partial charge in [0.1, 0.15) is 0 Å². The molecule has 0 saturated heterocycles. The molecule has 0 aliphatic heterocycles. The number of hydrogen-bond donors (Lipinski definition) is 0. The fourth-order valence-corrected chi connectivity index (χ4v) is 3.99. The van der Waals surface area contributed by atoms with Gasteiger partial charge in [-0.1, -0.05) is 0 Å². The van der Waals surface area contributed by atoms with Gasteiger partial charge in [-0.25, -0.2) is 0 Å². The topological polar surface area (TPSA) is 68.3 Å². The SMILES string of the molecule is CCOc1cnc(CC[Si](OC)(OC)OC)c(OCC)c1OCC. The molecule has 7 nitrogen and oxygen atoms in total. The molecule has 1 aromatic heterocycles. The Morgan fingerprint density at radius 3 is 1.88 bits per heavy atom. The average Bonchev–Trinajstić information content (AvgIpc) is 2.61. The van der Waals surface area contributed by atoms with Crippen LogP contribution in [0.15, 0.2) is 6.20 Å². The van der Waals surface area contributed by atoms with E-state index in [0.29, 0.717) is 49.5 Å². The third kappa shape index (κ3) is 5.07. The van der Waals surface area contributed by atoms with Gasteiger partial charge >= 0.3 is 8.80 Å². The van der Waals surface area contributed by atoms with Crippen molar-refractivity contribution < 1.29 is 27.5 Å². The highest BCUT2D eigenvalue weighted by Crippen LogP contribution is 2.40. The summed E-state index contributed by atoms with van der Waals surface area (Å²) in [6, 6.07) is 0.586. The molecule has 0 N–H and O–H groups in total. The van der Waals surface area contributed by atoms with Crippen LogP contribution in [0.2, 0.25) is 6.04 Å². The minimum atomic E-state index is -2.68. The van der Waals surface area contributed by atoms with E-state index in [1.165, 1.54) is 0 Å². The molecule has 1 aromatic rings. The highest BCUT2D eigenvalue weighted by Gasteiger charge is 2.38. The zero-order valence-electron chi connectivity index (χ0n) is 15.5. The first-order chi connectivity index (χ1) is 11.6. The van der Waals surface area contributed by atoms with Crippen LogP contribution >= 0.6 is 0 Å². The summed E-state index contributed by atoms with van der Waals surface area (Å²) in [6.07, 6.45) is 2.26. The second-order valence-corrected chi connectivity index (χ2v) is 7.91. The average molecular weight is 359 g/mol. The first-order valence-electron chi connectivity index (χ1n) is 8.16. The Bertz CT molecular complexity index is 487. The van der Waals surface area contributed by atoms with E-state index >= 15 is 0 Å². The molecule has 0 unspecified atom stereocenters. The first-order valence-corrected chi connectivity index (χ1v) is 10.1. The standard InChI is InChI=1S/C16H29NO6Si/c1-7-21-14-12-17-13(10-11-24(18-4,19-5)20-6)15(22-8-2)16(14)23-9-3/h12H,7-11H2,1-6H3. The fraction of sp³-hybridized carbons (Fsp3) is 0.688. The molecular weight excluding hydrogens is 330 g/mol. The maximum atomic E-state index is 5.80. The summed E-state index contributed by atoms with van der Waals surface area (Å²) in [6.45, 7) is 7.30. The van der Waals surface area contributed by atoms with Crippen LogP contribution in [-0.4, -0.2) is 54.9 Å². The molecule has 138 valence electrons. The molecule has 1 heterocycles. The highest BCUT2D eigenvalue weighted by atomic mass is 28.4. The van der Waals surface area contributed by atoms with Crippen molar-refractivity contribution in [2.75, 3.05) is 41.2 Å². The number of rotatable bonds is 12. The van der Waals surface area contributed by atoms with Gasteiger partial charge in [-0.15, -0.1) is 0 Å². The van der Waals surface area contributed by atoms with Crippen LogP contribution in [0.3, 0.4) is 0 Å². The molecule has 0 saturated carbocycles. The number of aromatic nitrogens is 1. The predicted molar refractivity (Wildman–Crippen MR) is 93.0 cm³/mol. The number of hydrogen-bond acceptors (Lipinski definition) is 7. The van der Waals surface area contributed by atoms with Crippen LogP contribution in [0.5, 0.6) is 17.2 Å². The molecule has 8 heteroatoms. The van der Waals surface area contributed by atoms with Crippen molar-refractivity contribution in [3.63, 3.8) is 0 Å². The highest BCUT2D eigenvalue weighted by molar-refractivity contribution is 6.60. The summed E-state index contributed by atoms with van der Waals surface area (Å²) in [7, 11) is 2.11. The van der Waals surface area contributed by atoms with Gasteiger partial charge in [-0.3, -0.25) is 4.98 Å². The summed E-state index contributed by atoms with van der Waals surface area (Å²) in [5.41, 5.74) is 0.770. The van der Waals surface area contributed by atoms with Crippen LogP contribution in [0.4, 0.5) is 0 Å².